The third-order valence-corrected chi connectivity index (χ3v) is 6.74. The van der Waals surface area contributed by atoms with Crippen LogP contribution in [0.2, 0.25) is 5.02 Å². The summed E-state index contributed by atoms with van der Waals surface area (Å²) in [5, 5.41) is 3.13. The maximum atomic E-state index is 12.7. The van der Waals surface area contributed by atoms with Crippen LogP contribution >= 0.6 is 11.6 Å². The van der Waals surface area contributed by atoms with Gasteiger partial charge in [0.2, 0.25) is 5.91 Å². The maximum absolute atomic E-state index is 12.7. The van der Waals surface area contributed by atoms with Gasteiger partial charge in [-0.05, 0) is 37.0 Å². The van der Waals surface area contributed by atoms with Crippen molar-refractivity contribution in [3.05, 3.63) is 35.7 Å². The molecule has 152 valence electrons. The highest BCUT2D eigenvalue weighted by atomic mass is 35.5. The topological polar surface area (TPSA) is 93.5 Å². The molecular weight excluding hydrogens is 404 g/mol. The Morgan fingerprint density at radius 2 is 2.07 bits per heavy atom. The fourth-order valence-corrected chi connectivity index (χ4v) is 4.63. The lowest BCUT2D eigenvalue weighted by molar-refractivity contribution is -0.116. The monoisotopic (exact) mass is 426 g/mol. The standard InChI is InChI=1S/C18H23ClN4O4S/c1-13-5-7-23(8-6-13)28(25,26)18-11-22(12-20-18)10-17(24)21-15-9-14(19)3-4-16(15)27-2/h3-4,9,11-13H,5-8,10H2,1-2H3,(H,21,24). The van der Waals surface area contributed by atoms with Crippen LogP contribution in [0.15, 0.2) is 35.7 Å². The quantitative estimate of drug-likeness (QED) is 0.766. The molecule has 1 aliphatic heterocycles. The van der Waals surface area contributed by atoms with E-state index in [-0.39, 0.29) is 17.5 Å². The number of halogens is 1. The van der Waals surface area contributed by atoms with Crippen molar-refractivity contribution >= 4 is 33.2 Å². The van der Waals surface area contributed by atoms with Gasteiger partial charge in [0.1, 0.15) is 12.3 Å². The van der Waals surface area contributed by atoms with Crippen LogP contribution < -0.4 is 10.1 Å². The highest BCUT2D eigenvalue weighted by Crippen LogP contribution is 2.27. The SMILES string of the molecule is COc1ccc(Cl)cc1NC(=O)Cn1cnc(S(=O)(=O)N2CCC(C)CC2)c1. The summed E-state index contributed by atoms with van der Waals surface area (Å²) >= 11 is 5.96. The second-order valence-electron chi connectivity index (χ2n) is 6.86. The molecule has 1 aromatic heterocycles. The predicted octanol–water partition coefficient (Wildman–Crippen LogP) is 2.60. The van der Waals surface area contributed by atoms with Crippen molar-refractivity contribution in [2.75, 3.05) is 25.5 Å². The number of carbonyl (C=O) groups excluding carboxylic acids is 1. The minimum absolute atomic E-state index is 0.0461. The first-order valence-corrected chi connectivity index (χ1v) is 10.8. The van der Waals surface area contributed by atoms with E-state index in [9.17, 15) is 13.2 Å². The Bertz CT molecular complexity index is 952. The average Bonchev–Trinajstić information content (AvgIpc) is 3.11. The van der Waals surface area contributed by atoms with Gasteiger partial charge in [0, 0.05) is 24.3 Å². The van der Waals surface area contributed by atoms with Crippen molar-refractivity contribution in [3.63, 3.8) is 0 Å². The molecule has 2 heterocycles. The van der Waals surface area contributed by atoms with Crippen LogP contribution in [0, 0.1) is 5.92 Å². The average molecular weight is 427 g/mol. The van der Waals surface area contributed by atoms with Crippen molar-refractivity contribution in [1.29, 1.82) is 0 Å². The molecule has 0 spiro atoms. The number of hydrogen-bond acceptors (Lipinski definition) is 5. The molecule has 2 aromatic rings. The first-order chi connectivity index (χ1) is 13.3. The van der Waals surface area contributed by atoms with Crippen molar-refractivity contribution in [2.24, 2.45) is 5.92 Å². The fourth-order valence-electron chi connectivity index (χ4n) is 3.05. The number of sulfonamides is 1. The van der Waals surface area contributed by atoms with E-state index >= 15 is 0 Å². The lowest BCUT2D eigenvalue weighted by Gasteiger charge is -2.28. The Morgan fingerprint density at radius 3 is 2.75 bits per heavy atom. The summed E-state index contributed by atoms with van der Waals surface area (Å²) < 4.78 is 33.5. The zero-order valence-electron chi connectivity index (χ0n) is 15.8. The number of nitrogens with zero attached hydrogens (tertiary/aromatic N) is 3. The van der Waals surface area contributed by atoms with Crippen molar-refractivity contribution in [3.8, 4) is 5.75 Å². The molecule has 1 fully saturated rings. The number of benzene rings is 1. The summed E-state index contributed by atoms with van der Waals surface area (Å²) in [6.45, 7) is 3.01. The fraction of sp³-hybridized carbons (Fsp3) is 0.444. The summed E-state index contributed by atoms with van der Waals surface area (Å²) in [6, 6.07) is 4.89. The number of rotatable bonds is 6. The van der Waals surface area contributed by atoms with Gasteiger partial charge in [-0.3, -0.25) is 4.79 Å². The molecule has 0 radical (unpaired) electrons. The number of piperidine rings is 1. The molecule has 10 heteroatoms. The van der Waals surface area contributed by atoms with E-state index in [1.807, 2.05) is 0 Å². The number of methoxy groups -OCH3 is 1. The summed E-state index contributed by atoms with van der Waals surface area (Å²) in [6.07, 6.45) is 4.39. The van der Waals surface area contributed by atoms with Gasteiger partial charge < -0.3 is 14.6 Å². The van der Waals surface area contributed by atoms with Crippen molar-refractivity contribution in [1.82, 2.24) is 13.9 Å². The molecular formula is C18H23ClN4O4S. The number of imidazole rings is 1. The van der Waals surface area contributed by atoms with Gasteiger partial charge in [0.05, 0.1) is 19.1 Å². The predicted molar refractivity (Wildman–Crippen MR) is 106 cm³/mol. The lowest BCUT2D eigenvalue weighted by Crippen LogP contribution is -2.38. The molecule has 0 bridgehead atoms. The highest BCUT2D eigenvalue weighted by Gasteiger charge is 2.29. The Kier molecular flexibility index (Phi) is 6.26. The van der Waals surface area contributed by atoms with Gasteiger partial charge in [-0.2, -0.15) is 4.31 Å². The smallest absolute Gasteiger partial charge is 0.262 e. The first-order valence-electron chi connectivity index (χ1n) is 8.95. The maximum Gasteiger partial charge on any atom is 0.262 e. The Morgan fingerprint density at radius 1 is 1.36 bits per heavy atom. The Hall–Kier alpha value is -2.10. The van der Waals surface area contributed by atoms with Crippen LogP contribution in [0.4, 0.5) is 5.69 Å². The number of ether oxygens (including phenoxy) is 1. The molecule has 1 saturated heterocycles. The number of amides is 1. The molecule has 0 saturated carbocycles. The highest BCUT2D eigenvalue weighted by molar-refractivity contribution is 7.89. The number of aromatic nitrogens is 2. The number of nitrogens with one attached hydrogen (secondary N) is 1. The number of anilines is 1. The second kappa shape index (κ2) is 8.50. The normalized spacial score (nSPS) is 16.1. The van der Waals surface area contributed by atoms with Gasteiger partial charge in [-0.25, -0.2) is 13.4 Å². The van der Waals surface area contributed by atoms with Gasteiger partial charge in [0.15, 0.2) is 5.03 Å². The van der Waals surface area contributed by atoms with Crippen LogP contribution in [-0.4, -0.2) is 48.4 Å². The molecule has 3 rings (SSSR count). The Balaban J connectivity index is 1.67. The molecule has 0 unspecified atom stereocenters. The van der Waals surface area contributed by atoms with Crippen LogP contribution in [0.25, 0.3) is 0 Å². The summed E-state index contributed by atoms with van der Waals surface area (Å²) in [5.74, 6) is 0.649. The van der Waals surface area contributed by atoms with E-state index in [0.29, 0.717) is 35.5 Å². The molecule has 1 aromatic carbocycles. The summed E-state index contributed by atoms with van der Waals surface area (Å²) in [4.78, 5) is 16.3. The Labute approximate surface area is 169 Å². The van der Waals surface area contributed by atoms with Gasteiger partial charge in [-0.1, -0.05) is 18.5 Å². The second-order valence-corrected chi connectivity index (χ2v) is 9.18. The molecule has 28 heavy (non-hydrogen) atoms. The van der Waals surface area contributed by atoms with E-state index in [2.05, 4.69) is 17.2 Å². The van der Waals surface area contributed by atoms with Gasteiger partial charge >= 0.3 is 0 Å². The zero-order valence-corrected chi connectivity index (χ0v) is 17.3. The molecule has 0 aliphatic carbocycles. The first kappa shape index (κ1) is 20.6. The van der Waals surface area contributed by atoms with Gasteiger partial charge in [-0.15, -0.1) is 0 Å². The van der Waals surface area contributed by atoms with E-state index < -0.39 is 10.0 Å². The van der Waals surface area contributed by atoms with Crippen LogP contribution in [0.3, 0.4) is 0 Å². The number of carbonyl (C=O) groups is 1. The third kappa shape index (κ3) is 4.65. The van der Waals surface area contributed by atoms with E-state index in [1.165, 1.54) is 28.5 Å². The van der Waals surface area contributed by atoms with E-state index in [0.717, 1.165) is 12.8 Å². The van der Waals surface area contributed by atoms with Gasteiger partial charge in [0.25, 0.3) is 10.0 Å². The lowest BCUT2D eigenvalue weighted by atomic mass is 10.0. The van der Waals surface area contributed by atoms with E-state index in [1.54, 1.807) is 18.2 Å². The molecule has 0 atom stereocenters. The minimum Gasteiger partial charge on any atom is -0.495 e. The van der Waals surface area contributed by atoms with E-state index in [4.69, 9.17) is 16.3 Å². The van der Waals surface area contributed by atoms with Crippen molar-refractivity contribution < 1.29 is 17.9 Å². The van der Waals surface area contributed by atoms with Crippen LogP contribution in [0.1, 0.15) is 19.8 Å². The van der Waals surface area contributed by atoms with Crippen LogP contribution in [0.5, 0.6) is 5.75 Å². The molecule has 1 N–H and O–H groups in total. The summed E-state index contributed by atoms with van der Waals surface area (Å²) in [5.41, 5.74) is 0.440. The minimum atomic E-state index is -3.64. The summed E-state index contributed by atoms with van der Waals surface area (Å²) in [7, 11) is -2.15. The molecule has 1 aliphatic rings. The molecule has 8 nitrogen and oxygen atoms in total. The van der Waals surface area contributed by atoms with Crippen LogP contribution in [-0.2, 0) is 21.4 Å². The third-order valence-electron chi connectivity index (χ3n) is 4.72. The zero-order chi connectivity index (χ0) is 20.3. The molecule has 1 amide bonds. The number of hydrogen-bond donors (Lipinski definition) is 1. The largest absolute Gasteiger partial charge is 0.495 e. The van der Waals surface area contributed by atoms with Crippen molar-refractivity contribution in [2.45, 2.75) is 31.3 Å².